The molecule has 0 aliphatic carbocycles. The Hall–Kier alpha value is -0.660. The number of aromatic nitrogens is 1. The summed E-state index contributed by atoms with van der Waals surface area (Å²) in [6.07, 6.45) is 1.84. The number of aromatic amines is 1. The van der Waals surface area contributed by atoms with Gasteiger partial charge in [0.05, 0.1) is 10.5 Å². The van der Waals surface area contributed by atoms with E-state index in [1.165, 1.54) is 0 Å². The molecule has 0 saturated carbocycles. The van der Waals surface area contributed by atoms with Crippen molar-refractivity contribution in [2.24, 2.45) is 0 Å². The Kier molecular flexibility index (Phi) is 1.55. The van der Waals surface area contributed by atoms with E-state index in [2.05, 4.69) is 4.98 Å². The van der Waals surface area contributed by atoms with Crippen LogP contribution in [0.4, 0.5) is 0 Å². The van der Waals surface area contributed by atoms with Gasteiger partial charge in [-0.1, -0.05) is 23.2 Å². The quantitative estimate of drug-likeness (QED) is 0.648. The monoisotopic (exact) mass is 185 g/mol. The van der Waals surface area contributed by atoms with Gasteiger partial charge >= 0.3 is 0 Å². The maximum atomic E-state index is 5.89. The van der Waals surface area contributed by atoms with Crippen LogP contribution in [0.3, 0.4) is 0 Å². The summed E-state index contributed by atoms with van der Waals surface area (Å²) in [5.41, 5.74) is 0.941. The molecule has 0 radical (unpaired) electrons. The molecule has 0 bridgehead atoms. The molecule has 1 aromatic carbocycles. The first-order valence-corrected chi connectivity index (χ1v) is 3.95. The second-order valence-corrected chi connectivity index (χ2v) is 3.17. The molecule has 1 aromatic heterocycles. The molecule has 56 valence electrons. The number of fused-ring (bicyclic) bond motifs is 1. The summed E-state index contributed by atoms with van der Waals surface area (Å²) >= 11 is 11.7. The van der Waals surface area contributed by atoms with E-state index in [0.29, 0.717) is 10.0 Å². The largest absolute Gasteiger partial charge is 0.360 e. The molecule has 0 fully saturated rings. The van der Waals surface area contributed by atoms with Crippen molar-refractivity contribution in [1.82, 2.24) is 4.98 Å². The minimum Gasteiger partial charge on any atom is -0.360 e. The van der Waals surface area contributed by atoms with Gasteiger partial charge in [0.25, 0.3) is 0 Å². The van der Waals surface area contributed by atoms with Crippen LogP contribution in [-0.4, -0.2) is 4.98 Å². The highest BCUT2D eigenvalue weighted by Crippen LogP contribution is 2.26. The number of hydrogen-bond donors (Lipinski definition) is 1. The highest BCUT2D eigenvalue weighted by atomic mass is 35.5. The van der Waals surface area contributed by atoms with E-state index in [1.807, 2.05) is 18.3 Å². The van der Waals surface area contributed by atoms with Crippen molar-refractivity contribution >= 4 is 34.1 Å². The lowest BCUT2D eigenvalue weighted by molar-refractivity contribution is 1.48. The van der Waals surface area contributed by atoms with Gasteiger partial charge in [-0.05, 0) is 18.2 Å². The fourth-order valence-electron chi connectivity index (χ4n) is 1.09. The first-order chi connectivity index (χ1) is 5.27. The SMILES string of the molecule is Clc1cc(Cl)c2[nH]ccc2c1. The van der Waals surface area contributed by atoms with Crippen molar-refractivity contribution in [3.63, 3.8) is 0 Å². The maximum absolute atomic E-state index is 5.89. The van der Waals surface area contributed by atoms with Gasteiger partial charge in [-0.15, -0.1) is 0 Å². The summed E-state index contributed by atoms with van der Waals surface area (Å²) in [6, 6.07) is 5.54. The standard InChI is InChI=1S/C8H5Cl2N/c9-6-3-5-1-2-11-8(5)7(10)4-6/h1-4,11H. The molecule has 1 N–H and O–H groups in total. The van der Waals surface area contributed by atoms with Crippen molar-refractivity contribution in [1.29, 1.82) is 0 Å². The van der Waals surface area contributed by atoms with Gasteiger partial charge in [-0.3, -0.25) is 0 Å². The third-order valence-electron chi connectivity index (χ3n) is 1.58. The number of nitrogens with one attached hydrogen (secondary N) is 1. The van der Waals surface area contributed by atoms with Gasteiger partial charge in [0.1, 0.15) is 0 Å². The Morgan fingerprint density at radius 3 is 2.82 bits per heavy atom. The number of rotatable bonds is 0. The maximum Gasteiger partial charge on any atom is 0.0661 e. The van der Waals surface area contributed by atoms with Crippen LogP contribution in [0.5, 0.6) is 0 Å². The summed E-state index contributed by atoms with van der Waals surface area (Å²) in [4.78, 5) is 3.02. The smallest absolute Gasteiger partial charge is 0.0661 e. The Labute approximate surface area is 73.9 Å². The van der Waals surface area contributed by atoms with Crippen LogP contribution in [0.15, 0.2) is 24.4 Å². The lowest BCUT2D eigenvalue weighted by atomic mass is 10.2. The van der Waals surface area contributed by atoms with Gasteiger partial charge in [-0.25, -0.2) is 0 Å². The minimum atomic E-state index is 0.664. The molecule has 0 aliphatic heterocycles. The summed E-state index contributed by atoms with van der Waals surface area (Å²) in [5.74, 6) is 0. The average molecular weight is 186 g/mol. The van der Waals surface area contributed by atoms with E-state index in [0.717, 1.165) is 10.9 Å². The van der Waals surface area contributed by atoms with E-state index in [1.54, 1.807) is 6.07 Å². The van der Waals surface area contributed by atoms with Crippen LogP contribution in [-0.2, 0) is 0 Å². The van der Waals surface area contributed by atoms with Crippen molar-refractivity contribution in [2.45, 2.75) is 0 Å². The molecule has 0 atom stereocenters. The van der Waals surface area contributed by atoms with Crippen LogP contribution in [0, 0.1) is 0 Å². The second-order valence-electron chi connectivity index (χ2n) is 2.33. The van der Waals surface area contributed by atoms with Gasteiger partial charge < -0.3 is 4.98 Å². The molecule has 1 heterocycles. The van der Waals surface area contributed by atoms with Crippen LogP contribution in [0.25, 0.3) is 10.9 Å². The Morgan fingerprint density at radius 2 is 2.00 bits per heavy atom. The van der Waals surface area contributed by atoms with E-state index in [4.69, 9.17) is 23.2 Å². The zero-order chi connectivity index (χ0) is 7.84. The Morgan fingerprint density at radius 1 is 1.18 bits per heavy atom. The number of benzene rings is 1. The molecule has 11 heavy (non-hydrogen) atoms. The van der Waals surface area contributed by atoms with E-state index in [9.17, 15) is 0 Å². The van der Waals surface area contributed by atoms with Crippen LogP contribution in [0.1, 0.15) is 0 Å². The molecule has 0 unspecified atom stereocenters. The van der Waals surface area contributed by atoms with Crippen molar-refractivity contribution in [3.8, 4) is 0 Å². The molecule has 0 spiro atoms. The lowest BCUT2D eigenvalue weighted by Crippen LogP contribution is -1.70. The molecule has 3 heteroatoms. The Bertz CT molecular complexity index is 392. The zero-order valence-electron chi connectivity index (χ0n) is 5.57. The zero-order valence-corrected chi connectivity index (χ0v) is 7.08. The molecule has 0 saturated heterocycles. The topological polar surface area (TPSA) is 15.8 Å². The van der Waals surface area contributed by atoms with Crippen LogP contribution in [0.2, 0.25) is 10.0 Å². The number of hydrogen-bond acceptors (Lipinski definition) is 0. The molecular formula is C8H5Cl2N. The molecular weight excluding hydrogens is 181 g/mol. The van der Waals surface area contributed by atoms with Gasteiger partial charge in [0.15, 0.2) is 0 Å². The highest BCUT2D eigenvalue weighted by molar-refractivity contribution is 6.38. The predicted octanol–water partition coefficient (Wildman–Crippen LogP) is 3.47. The summed E-state index contributed by atoms with van der Waals surface area (Å²) in [5, 5.41) is 2.38. The predicted molar refractivity (Wildman–Crippen MR) is 48.3 cm³/mol. The number of H-pyrrole nitrogens is 1. The molecule has 2 rings (SSSR count). The van der Waals surface area contributed by atoms with Crippen LogP contribution < -0.4 is 0 Å². The summed E-state index contributed by atoms with van der Waals surface area (Å²) in [6.45, 7) is 0. The van der Waals surface area contributed by atoms with Crippen molar-refractivity contribution in [2.75, 3.05) is 0 Å². The fourth-order valence-corrected chi connectivity index (χ4v) is 1.66. The number of halogens is 2. The minimum absolute atomic E-state index is 0.664. The van der Waals surface area contributed by atoms with Gasteiger partial charge in [0.2, 0.25) is 0 Å². The normalized spacial score (nSPS) is 10.7. The highest BCUT2D eigenvalue weighted by Gasteiger charge is 2.00. The van der Waals surface area contributed by atoms with Crippen LogP contribution >= 0.6 is 23.2 Å². The first-order valence-electron chi connectivity index (χ1n) is 3.19. The molecule has 2 aromatic rings. The Balaban J connectivity index is 2.91. The summed E-state index contributed by atoms with van der Waals surface area (Å²) in [7, 11) is 0. The molecule has 1 nitrogen and oxygen atoms in total. The van der Waals surface area contributed by atoms with E-state index < -0.39 is 0 Å². The van der Waals surface area contributed by atoms with Gasteiger partial charge in [0, 0.05) is 16.6 Å². The second kappa shape index (κ2) is 2.43. The summed E-state index contributed by atoms with van der Waals surface area (Å²) < 4.78 is 0. The van der Waals surface area contributed by atoms with Crippen molar-refractivity contribution in [3.05, 3.63) is 34.4 Å². The molecule has 0 amide bonds. The average Bonchev–Trinajstić information content (AvgIpc) is 2.34. The fraction of sp³-hybridized carbons (Fsp3) is 0. The van der Waals surface area contributed by atoms with Crippen molar-refractivity contribution < 1.29 is 0 Å². The molecule has 0 aliphatic rings. The van der Waals surface area contributed by atoms with E-state index >= 15 is 0 Å². The third-order valence-corrected chi connectivity index (χ3v) is 2.09. The van der Waals surface area contributed by atoms with Gasteiger partial charge in [-0.2, -0.15) is 0 Å². The lowest BCUT2D eigenvalue weighted by Gasteiger charge is -1.94. The first kappa shape index (κ1) is 7.01. The third kappa shape index (κ3) is 1.10. The van der Waals surface area contributed by atoms with E-state index in [-0.39, 0.29) is 0 Å².